The number of nitro groups is 1. The summed E-state index contributed by atoms with van der Waals surface area (Å²) in [6, 6.07) is 5.92. The number of benzene rings is 2. The number of imidazole rings is 1. The van der Waals surface area contributed by atoms with E-state index in [0.717, 1.165) is 30.6 Å². The van der Waals surface area contributed by atoms with Crippen LogP contribution < -0.4 is 4.90 Å². The van der Waals surface area contributed by atoms with Crippen molar-refractivity contribution in [2.24, 2.45) is 17.3 Å². The van der Waals surface area contributed by atoms with Crippen LogP contribution in [0.15, 0.2) is 39.4 Å². The SMILES string of the molecule is Cn1c(N=Nc2cc3c4c(c2S(=O)(=O)O)CCN4CCC3)nc2ccc([N+](=O)[O-])cc21. The fourth-order valence-corrected chi connectivity index (χ4v) is 5.32. The molecule has 0 saturated carbocycles. The molecular weight excluding hydrogens is 424 g/mol. The molecule has 1 N–H and O–H groups in total. The molecule has 2 aliphatic heterocycles. The summed E-state index contributed by atoms with van der Waals surface area (Å²) in [7, 11) is -2.88. The van der Waals surface area contributed by atoms with Gasteiger partial charge in [0.25, 0.3) is 15.8 Å². The first-order chi connectivity index (χ1) is 14.7. The summed E-state index contributed by atoms with van der Waals surface area (Å²) >= 11 is 0. The minimum absolute atomic E-state index is 0.0676. The molecule has 31 heavy (non-hydrogen) atoms. The molecule has 0 radical (unpaired) electrons. The van der Waals surface area contributed by atoms with Gasteiger partial charge < -0.3 is 9.47 Å². The molecule has 11 nitrogen and oxygen atoms in total. The minimum Gasteiger partial charge on any atom is -0.371 e. The van der Waals surface area contributed by atoms with Crippen molar-refractivity contribution in [1.82, 2.24) is 9.55 Å². The van der Waals surface area contributed by atoms with Gasteiger partial charge in [-0.05, 0) is 37.0 Å². The molecule has 2 aromatic carbocycles. The molecule has 160 valence electrons. The molecule has 5 rings (SSSR count). The highest BCUT2D eigenvalue weighted by Gasteiger charge is 2.33. The fourth-order valence-electron chi connectivity index (χ4n) is 4.44. The number of non-ortho nitro benzene ring substituents is 1. The highest BCUT2D eigenvalue weighted by molar-refractivity contribution is 7.86. The van der Waals surface area contributed by atoms with Crippen LogP contribution in [0.3, 0.4) is 0 Å². The molecule has 0 saturated heterocycles. The summed E-state index contributed by atoms with van der Waals surface area (Å²) in [5, 5.41) is 19.3. The summed E-state index contributed by atoms with van der Waals surface area (Å²) in [5.41, 5.74) is 3.44. The van der Waals surface area contributed by atoms with E-state index in [1.165, 1.54) is 22.8 Å². The van der Waals surface area contributed by atoms with Gasteiger partial charge in [0.05, 0.1) is 16.0 Å². The van der Waals surface area contributed by atoms with Gasteiger partial charge in [0.15, 0.2) is 0 Å². The normalized spacial score (nSPS) is 15.7. The number of rotatable bonds is 4. The van der Waals surface area contributed by atoms with Crippen molar-refractivity contribution in [3.05, 3.63) is 45.5 Å². The third-order valence-corrected chi connectivity index (χ3v) is 6.76. The van der Waals surface area contributed by atoms with E-state index in [1.54, 1.807) is 13.1 Å². The first-order valence-corrected chi connectivity index (χ1v) is 11.1. The maximum atomic E-state index is 12.2. The van der Waals surface area contributed by atoms with Gasteiger partial charge in [-0.15, -0.1) is 10.2 Å². The topological polar surface area (TPSA) is 143 Å². The van der Waals surface area contributed by atoms with Crippen LogP contribution in [0.1, 0.15) is 17.5 Å². The molecule has 12 heteroatoms. The number of hydrogen-bond acceptors (Lipinski definition) is 8. The molecule has 0 amide bonds. The van der Waals surface area contributed by atoms with E-state index in [1.807, 2.05) is 0 Å². The number of nitro benzene ring substituents is 1. The van der Waals surface area contributed by atoms with E-state index in [-0.39, 0.29) is 22.2 Å². The first-order valence-electron chi connectivity index (χ1n) is 9.68. The Hall–Kier alpha value is -3.38. The van der Waals surface area contributed by atoms with Crippen molar-refractivity contribution in [3.8, 4) is 0 Å². The first kappa shape index (κ1) is 19.6. The standard InChI is InChI=1S/C19H18N6O5S/c1-23-16-10-12(25(26)27)4-5-14(16)20-19(23)22-21-15-9-11-3-2-7-24-8-6-13(17(11)24)18(15)31(28,29)30/h4-5,9-10H,2-3,6-8H2,1H3,(H,28,29,30). The molecular formula is C19H18N6O5S. The lowest BCUT2D eigenvalue weighted by Gasteiger charge is -2.27. The van der Waals surface area contributed by atoms with Crippen LogP contribution in [0.2, 0.25) is 0 Å². The number of nitrogens with zero attached hydrogens (tertiary/aromatic N) is 6. The van der Waals surface area contributed by atoms with Crippen LogP contribution in [0, 0.1) is 10.1 Å². The van der Waals surface area contributed by atoms with Gasteiger partial charge in [0.2, 0.25) is 5.95 Å². The van der Waals surface area contributed by atoms with Crippen molar-refractivity contribution in [3.63, 3.8) is 0 Å². The smallest absolute Gasteiger partial charge is 0.297 e. The molecule has 0 bridgehead atoms. The fraction of sp³-hybridized carbons (Fsp3) is 0.316. The van der Waals surface area contributed by atoms with Crippen LogP contribution >= 0.6 is 0 Å². The second kappa shape index (κ2) is 6.82. The molecule has 0 unspecified atom stereocenters. The van der Waals surface area contributed by atoms with Crippen LogP contribution in [-0.4, -0.2) is 40.5 Å². The molecule has 0 spiro atoms. The largest absolute Gasteiger partial charge is 0.371 e. The Balaban J connectivity index is 1.64. The van der Waals surface area contributed by atoms with Gasteiger partial charge in [-0.2, -0.15) is 8.42 Å². The Morgan fingerprint density at radius 3 is 2.74 bits per heavy atom. The summed E-state index contributed by atoms with van der Waals surface area (Å²) in [6.45, 7) is 1.56. The molecule has 0 fully saturated rings. The quantitative estimate of drug-likeness (QED) is 0.282. The average molecular weight is 442 g/mol. The molecule has 2 aliphatic rings. The van der Waals surface area contributed by atoms with Gasteiger partial charge in [0.1, 0.15) is 10.6 Å². The van der Waals surface area contributed by atoms with Gasteiger partial charge in [-0.25, -0.2) is 4.98 Å². The van der Waals surface area contributed by atoms with Crippen LogP contribution in [0.25, 0.3) is 11.0 Å². The molecule has 1 aromatic heterocycles. The van der Waals surface area contributed by atoms with Crippen molar-refractivity contribution >= 4 is 44.2 Å². The summed E-state index contributed by atoms with van der Waals surface area (Å²) in [6.07, 6.45) is 2.26. The Morgan fingerprint density at radius 1 is 1.19 bits per heavy atom. The van der Waals surface area contributed by atoms with Crippen LogP contribution in [-0.2, 0) is 30.0 Å². The number of fused-ring (bicyclic) bond motifs is 1. The lowest BCUT2D eigenvalue weighted by molar-refractivity contribution is -0.384. The van der Waals surface area contributed by atoms with E-state index < -0.39 is 15.0 Å². The minimum atomic E-state index is -4.52. The average Bonchev–Trinajstić information content (AvgIpc) is 3.28. The Morgan fingerprint density at radius 2 is 2.00 bits per heavy atom. The zero-order chi connectivity index (χ0) is 21.9. The number of hydrogen-bond donors (Lipinski definition) is 1. The second-order valence-corrected chi connectivity index (χ2v) is 8.99. The van der Waals surface area contributed by atoms with Crippen molar-refractivity contribution in [1.29, 1.82) is 0 Å². The zero-order valence-corrected chi connectivity index (χ0v) is 17.3. The van der Waals surface area contributed by atoms with Gasteiger partial charge in [-0.3, -0.25) is 14.7 Å². The van der Waals surface area contributed by atoms with E-state index in [4.69, 9.17) is 0 Å². The van der Waals surface area contributed by atoms with Crippen molar-refractivity contribution in [2.45, 2.75) is 24.2 Å². The lowest BCUT2D eigenvalue weighted by atomic mass is 9.99. The van der Waals surface area contributed by atoms with E-state index in [0.29, 0.717) is 29.6 Å². The Bertz CT molecular complexity index is 1390. The maximum absolute atomic E-state index is 12.2. The van der Waals surface area contributed by atoms with E-state index in [9.17, 15) is 23.1 Å². The third kappa shape index (κ3) is 3.15. The van der Waals surface area contributed by atoms with Gasteiger partial charge in [-0.1, -0.05) is 0 Å². The maximum Gasteiger partial charge on any atom is 0.297 e. The molecule has 0 aliphatic carbocycles. The molecule has 0 atom stereocenters. The number of aryl methyl sites for hydroxylation is 2. The van der Waals surface area contributed by atoms with Gasteiger partial charge in [0, 0.05) is 43.5 Å². The lowest BCUT2D eigenvalue weighted by Crippen LogP contribution is -2.26. The molecule has 3 aromatic rings. The predicted octanol–water partition coefficient (Wildman–Crippen LogP) is 3.45. The van der Waals surface area contributed by atoms with Crippen LogP contribution in [0.5, 0.6) is 0 Å². The highest BCUT2D eigenvalue weighted by Crippen LogP contribution is 2.44. The second-order valence-electron chi connectivity index (χ2n) is 7.63. The van der Waals surface area contributed by atoms with E-state index in [2.05, 4.69) is 20.1 Å². The Kier molecular flexibility index (Phi) is 4.31. The summed E-state index contributed by atoms with van der Waals surface area (Å²) in [4.78, 5) is 16.8. The monoisotopic (exact) mass is 442 g/mol. The number of anilines is 1. The molecule has 3 heterocycles. The predicted molar refractivity (Wildman–Crippen MR) is 112 cm³/mol. The Labute approximate surface area is 176 Å². The van der Waals surface area contributed by atoms with Crippen molar-refractivity contribution in [2.75, 3.05) is 18.0 Å². The highest BCUT2D eigenvalue weighted by atomic mass is 32.2. The number of azo groups is 1. The summed E-state index contributed by atoms with van der Waals surface area (Å²) < 4.78 is 35.9. The van der Waals surface area contributed by atoms with Crippen LogP contribution in [0.4, 0.5) is 23.0 Å². The zero-order valence-electron chi connectivity index (χ0n) is 16.5. The van der Waals surface area contributed by atoms with Gasteiger partial charge >= 0.3 is 0 Å². The third-order valence-electron chi connectivity index (χ3n) is 5.79. The number of aromatic nitrogens is 2. The summed E-state index contributed by atoms with van der Waals surface area (Å²) in [5.74, 6) is 0.160. The van der Waals surface area contributed by atoms with E-state index >= 15 is 0 Å². The van der Waals surface area contributed by atoms with Crippen molar-refractivity contribution < 1.29 is 17.9 Å².